The van der Waals surface area contributed by atoms with Crippen LogP contribution in [0.3, 0.4) is 0 Å². The number of hydrazone groups is 1. The Morgan fingerprint density at radius 1 is 1.24 bits per heavy atom. The number of amidine groups is 1. The van der Waals surface area contributed by atoms with Crippen molar-refractivity contribution in [3.8, 4) is 11.5 Å². The molecule has 2 N–H and O–H groups in total. The average molecular weight is 357 g/mol. The van der Waals surface area contributed by atoms with Crippen molar-refractivity contribution in [3.63, 3.8) is 0 Å². The first kappa shape index (κ1) is 17.5. The molecule has 3 rings (SSSR count). The van der Waals surface area contributed by atoms with Crippen molar-refractivity contribution >= 4 is 18.5 Å². The van der Waals surface area contributed by atoms with Crippen LogP contribution in [-0.4, -0.2) is 28.4 Å². The molecule has 6 heteroatoms. The predicted octanol–water partition coefficient (Wildman–Crippen LogP) is 3.50. The number of benzene rings is 2. The Morgan fingerprint density at radius 2 is 1.96 bits per heavy atom. The lowest BCUT2D eigenvalue weighted by Gasteiger charge is -2.25. The maximum atomic E-state index is 10.3. The number of thiol groups is 1. The SMILES string of the molecule is COc1ccc(CN2C(c3cc(C(C)C)ccc3O)=NNC2S)cc1. The third-order valence-electron chi connectivity index (χ3n) is 4.29. The van der Waals surface area contributed by atoms with Gasteiger partial charge in [0.25, 0.3) is 0 Å². The van der Waals surface area contributed by atoms with Crippen LogP contribution in [0.2, 0.25) is 0 Å². The van der Waals surface area contributed by atoms with Gasteiger partial charge in [-0.3, -0.25) is 5.43 Å². The van der Waals surface area contributed by atoms with Gasteiger partial charge in [0.1, 0.15) is 11.5 Å². The quantitative estimate of drug-likeness (QED) is 0.717. The molecule has 1 heterocycles. The number of nitrogens with zero attached hydrogens (tertiary/aromatic N) is 2. The zero-order valence-corrected chi connectivity index (χ0v) is 15.5. The monoisotopic (exact) mass is 357 g/mol. The van der Waals surface area contributed by atoms with Crippen molar-refractivity contribution in [2.75, 3.05) is 7.11 Å². The van der Waals surface area contributed by atoms with Crippen molar-refractivity contribution in [1.82, 2.24) is 10.3 Å². The Labute approximate surface area is 153 Å². The summed E-state index contributed by atoms with van der Waals surface area (Å²) >= 11 is 4.56. The lowest BCUT2D eigenvalue weighted by molar-refractivity contribution is 0.386. The summed E-state index contributed by atoms with van der Waals surface area (Å²) in [6.07, 6.45) is 0. The van der Waals surface area contributed by atoms with Gasteiger partial charge < -0.3 is 14.7 Å². The molecule has 0 aliphatic carbocycles. The number of rotatable bonds is 5. The Hall–Kier alpha value is -2.34. The highest BCUT2D eigenvalue weighted by Crippen LogP contribution is 2.28. The van der Waals surface area contributed by atoms with E-state index in [-0.39, 0.29) is 11.2 Å². The minimum Gasteiger partial charge on any atom is -0.507 e. The lowest BCUT2D eigenvalue weighted by Crippen LogP contribution is -2.36. The first-order valence-corrected chi connectivity index (χ1v) is 8.75. The molecule has 2 aromatic carbocycles. The van der Waals surface area contributed by atoms with Gasteiger partial charge in [-0.2, -0.15) is 5.10 Å². The van der Waals surface area contributed by atoms with E-state index in [9.17, 15) is 5.11 Å². The number of hydrogen-bond donors (Lipinski definition) is 3. The van der Waals surface area contributed by atoms with Gasteiger partial charge in [0.05, 0.1) is 12.7 Å². The van der Waals surface area contributed by atoms with Crippen LogP contribution in [-0.2, 0) is 6.54 Å². The number of ether oxygens (including phenoxy) is 1. The summed E-state index contributed by atoms with van der Waals surface area (Å²) in [6, 6.07) is 13.6. The fourth-order valence-electron chi connectivity index (χ4n) is 2.76. The highest BCUT2D eigenvalue weighted by Gasteiger charge is 2.28. The highest BCUT2D eigenvalue weighted by molar-refractivity contribution is 7.80. The number of phenolic OH excluding ortho intramolecular Hbond substituents is 1. The van der Waals surface area contributed by atoms with E-state index in [2.05, 4.69) is 37.0 Å². The molecular weight excluding hydrogens is 334 g/mol. The molecule has 25 heavy (non-hydrogen) atoms. The Bertz CT molecular complexity index is 775. The summed E-state index contributed by atoms with van der Waals surface area (Å²) in [5, 5.41) is 14.7. The van der Waals surface area contributed by atoms with E-state index in [4.69, 9.17) is 4.74 Å². The molecule has 2 aromatic rings. The van der Waals surface area contributed by atoms with Crippen molar-refractivity contribution in [3.05, 3.63) is 59.2 Å². The van der Waals surface area contributed by atoms with Gasteiger partial charge in [0.2, 0.25) is 0 Å². The van der Waals surface area contributed by atoms with Crippen molar-refractivity contribution in [2.24, 2.45) is 5.10 Å². The lowest BCUT2D eigenvalue weighted by atomic mass is 9.99. The fraction of sp³-hybridized carbons (Fsp3) is 0.316. The summed E-state index contributed by atoms with van der Waals surface area (Å²) in [7, 11) is 1.65. The van der Waals surface area contributed by atoms with Gasteiger partial charge in [-0.15, -0.1) is 12.6 Å². The predicted molar refractivity (Wildman–Crippen MR) is 103 cm³/mol. The summed E-state index contributed by atoms with van der Waals surface area (Å²) in [5.74, 6) is 2.10. The molecule has 0 amide bonds. The summed E-state index contributed by atoms with van der Waals surface area (Å²) in [5.41, 5.74) is 5.70. The average Bonchev–Trinajstić information content (AvgIpc) is 2.96. The number of hydrogen-bond acceptors (Lipinski definition) is 6. The van der Waals surface area contributed by atoms with E-state index in [1.807, 2.05) is 41.3 Å². The van der Waals surface area contributed by atoms with Gasteiger partial charge in [0.15, 0.2) is 11.3 Å². The fourth-order valence-corrected chi connectivity index (χ4v) is 3.01. The molecule has 0 aromatic heterocycles. The van der Waals surface area contributed by atoms with Crippen LogP contribution in [0.1, 0.15) is 36.5 Å². The van der Waals surface area contributed by atoms with Crippen molar-refractivity contribution < 1.29 is 9.84 Å². The molecule has 0 saturated carbocycles. The normalized spacial score (nSPS) is 16.8. The molecule has 5 nitrogen and oxygen atoms in total. The van der Waals surface area contributed by atoms with E-state index in [0.717, 1.165) is 16.9 Å². The Kier molecular flexibility index (Phi) is 5.08. The zero-order chi connectivity index (χ0) is 18.0. The van der Waals surface area contributed by atoms with E-state index in [1.54, 1.807) is 13.2 Å². The van der Waals surface area contributed by atoms with E-state index in [1.165, 1.54) is 0 Å². The Balaban J connectivity index is 1.89. The molecule has 0 radical (unpaired) electrons. The largest absolute Gasteiger partial charge is 0.507 e. The molecule has 0 saturated heterocycles. The topological polar surface area (TPSA) is 57.1 Å². The molecule has 1 aliphatic heterocycles. The van der Waals surface area contributed by atoms with E-state index in [0.29, 0.717) is 23.9 Å². The first-order valence-electron chi connectivity index (χ1n) is 8.23. The second-order valence-electron chi connectivity index (χ2n) is 6.35. The van der Waals surface area contributed by atoms with Crippen molar-refractivity contribution in [1.29, 1.82) is 0 Å². The molecule has 1 atom stereocenters. The number of methoxy groups -OCH3 is 1. The molecule has 1 aliphatic rings. The molecule has 1 unspecified atom stereocenters. The van der Waals surface area contributed by atoms with Gasteiger partial charge in [-0.05, 0) is 41.3 Å². The van der Waals surface area contributed by atoms with Crippen LogP contribution in [0.15, 0.2) is 47.6 Å². The minimum absolute atomic E-state index is 0.215. The highest BCUT2D eigenvalue weighted by atomic mass is 32.1. The maximum absolute atomic E-state index is 10.3. The molecule has 0 fully saturated rings. The maximum Gasteiger partial charge on any atom is 0.162 e. The number of phenols is 1. The summed E-state index contributed by atoms with van der Waals surface area (Å²) < 4.78 is 5.20. The minimum atomic E-state index is -0.251. The molecular formula is C19H23N3O2S. The van der Waals surface area contributed by atoms with Crippen LogP contribution in [0.4, 0.5) is 0 Å². The number of aromatic hydroxyl groups is 1. The van der Waals surface area contributed by atoms with E-state index < -0.39 is 0 Å². The number of nitrogens with one attached hydrogen (secondary N) is 1. The third kappa shape index (κ3) is 3.69. The van der Waals surface area contributed by atoms with Gasteiger partial charge >= 0.3 is 0 Å². The molecule has 0 bridgehead atoms. The zero-order valence-electron chi connectivity index (χ0n) is 14.6. The smallest absolute Gasteiger partial charge is 0.162 e. The van der Waals surface area contributed by atoms with Gasteiger partial charge in [-0.25, -0.2) is 0 Å². The Morgan fingerprint density at radius 3 is 2.60 bits per heavy atom. The van der Waals surface area contributed by atoms with Crippen LogP contribution in [0.5, 0.6) is 11.5 Å². The summed E-state index contributed by atoms with van der Waals surface area (Å²) in [4.78, 5) is 2.02. The molecule has 0 spiro atoms. The van der Waals surface area contributed by atoms with Gasteiger partial charge in [0, 0.05) is 6.54 Å². The second-order valence-corrected chi connectivity index (χ2v) is 6.83. The second kappa shape index (κ2) is 7.27. The van der Waals surface area contributed by atoms with Crippen LogP contribution < -0.4 is 10.2 Å². The van der Waals surface area contributed by atoms with Gasteiger partial charge in [-0.1, -0.05) is 32.0 Å². The third-order valence-corrected chi connectivity index (χ3v) is 4.69. The van der Waals surface area contributed by atoms with Crippen molar-refractivity contribution in [2.45, 2.75) is 31.8 Å². The van der Waals surface area contributed by atoms with Crippen LogP contribution in [0, 0.1) is 0 Å². The van der Waals surface area contributed by atoms with Crippen LogP contribution in [0.25, 0.3) is 0 Å². The standard InChI is InChI=1S/C19H23N3O2S/c1-12(2)14-6-9-17(23)16(10-14)18-20-21-19(25)22(18)11-13-4-7-15(24-3)8-5-13/h4-10,12,19,21,23,25H,11H2,1-3H3. The van der Waals surface area contributed by atoms with Crippen LogP contribution >= 0.6 is 12.6 Å². The van der Waals surface area contributed by atoms with E-state index >= 15 is 0 Å². The first-order chi connectivity index (χ1) is 12.0. The molecule has 132 valence electrons. The summed E-state index contributed by atoms with van der Waals surface area (Å²) in [6.45, 7) is 4.87.